The number of aliphatic hydroxyl groups is 2. The van der Waals surface area contributed by atoms with Crippen LogP contribution in [0.1, 0.15) is 17.7 Å². The first-order chi connectivity index (χ1) is 13.1. The van der Waals surface area contributed by atoms with E-state index in [1.807, 2.05) is 24.3 Å². The zero-order chi connectivity index (χ0) is 19.1. The Kier molecular flexibility index (Phi) is 6.83. The molecule has 3 heterocycles. The van der Waals surface area contributed by atoms with Gasteiger partial charge in [0.05, 0.1) is 24.3 Å². The van der Waals surface area contributed by atoms with Gasteiger partial charge in [0.2, 0.25) is 5.91 Å². The number of pyridine rings is 2. The molecule has 1 aliphatic heterocycles. The van der Waals surface area contributed by atoms with Gasteiger partial charge in [-0.2, -0.15) is 0 Å². The Morgan fingerprint density at radius 1 is 1.07 bits per heavy atom. The lowest BCUT2D eigenvalue weighted by Gasteiger charge is -2.15. The molecule has 8 heteroatoms. The first-order valence-electron chi connectivity index (χ1n) is 8.91. The number of nitrogens with zero attached hydrogens (tertiary/aromatic N) is 2. The van der Waals surface area contributed by atoms with E-state index in [9.17, 15) is 15.0 Å². The van der Waals surface area contributed by atoms with Gasteiger partial charge in [-0.1, -0.05) is 12.1 Å². The minimum Gasteiger partial charge on any atom is -0.388 e. The summed E-state index contributed by atoms with van der Waals surface area (Å²) in [7, 11) is 0. The van der Waals surface area contributed by atoms with Gasteiger partial charge in [-0.05, 0) is 23.8 Å². The van der Waals surface area contributed by atoms with E-state index in [4.69, 9.17) is 4.74 Å². The van der Waals surface area contributed by atoms with Crippen molar-refractivity contribution in [2.75, 3.05) is 6.54 Å². The summed E-state index contributed by atoms with van der Waals surface area (Å²) in [5.74, 6) is -0.253. The highest BCUT2D eigenvalue weighted by Gasteiger charge is 2.42. The molecule has 1 fully saturated rings. The van der Waals surface area contributed by atoms with E-state index < -0.39 is 24.4 Å². The molecule has 0 saturated carbocycles. The van der Waals surface area contributed by atoms with Crippen LogP contribution in [0.5, 0.6) is 0 Å². The van der Waals surface area contributed by atoms with Crippen LogP contribution in [-0.4, -0.2) is 57.0 Å². The van der Waals surface area contributed by atoms with Crippen LogP contribution in [0.3, 0.4) is 0 Å². The van der Waals surface area contributed by atoms with Crippen molar-refractivity contribution in [2.45, 2.75) is 43.9 Å². The molecule has 0 spiro atoms. The normalized spacial score (nSPS) is 24.7. The van der Waals surface area contributed by atoms with E-state index in [1.54, 1.807) is 24.7 Å². The fourth-order valence-corrected chi connectivity index (χ4v) is 2.97. The second-order valence-corrected chi connectivity index (χ2v) is 6.49. The summed E-state index contributed by atoms with van der Waals surface area (Å²) >= 11 is 0. The van der Waals surface area contributed by atoms with Crippen molar-refractivity contribution in [3.63, 3.8) is 0 Å². The van der Waals surface area contributed by atoms with Crippen LogP contribution >= 0.6 is 0 Å². The van der Waals surface area contributed by atoms with Crippen molar-refractivity contribution in [3.05, 3.63) is 60.2 Å². The minimum atomic E-state index is -1.10. The van der Waals surface area contributed by atoms with Gasteiger partial charge in [0, 0.05) is 38.2 Å². The van der Waals surface area contributed by atoms with Crippen LogP contribution in [0, 0.1) is 0 Å². The Morgan fingerprint density at radius 3 is 2.67 bits per heavy atom. The molecule has 2 aromatic heterocycles. The highest BCUT2D eigenvalue weighted by Crippen LogP contribution is 2.23. The number of aliphatic hydroxyl groups excluding tert-OH is 2. The zero-order valence-electron chi connectivity index (χ0n) is 14.9. The van der Waals surface area contributed by atoms with Gasteiger partial charge in [-0.15, -0.1) is 0 Å². The topological polar surface area (TPSA) is 117 Å². The Morgan fingerprint density at radius 2 is 1.93 bits per heavy atom. The van der Waals surface area contributed by atoms with Gasteiger partial charge in [-0.25, -0.2) is 0 Å². The zero-order valence-corrected chi connectivity index (χ0v) is 14.9. The van der Waals surface area contributed by atoms with Crippen molar-refractivity contribution in [1.82, 2.24) is 20.6 Å². The molecule has 4 atom stereocenters. The van der Waals surface area contributed by atoms with Crippen LogP contribution in [0.15, 0.2) is 48.9 Å². The Labute approximate surface area is 157 Å². The predicted octanol–water partition coefficient (Wildman–Crippen LogP) is -0.238. The summed E-state index contributed by atoms with van der Waals surface area (Å²) in [5, 5.41) is 26.3. The minimum absolute atomic E-state index is 0.0186. The third-order valence-electron chi connectivity index (χ3n) is 4.44. The standard InChI is InChI=1S/C19H24N4O4/c24-17(23-10-13-4-3-6-20-9-13)8-15-18(25)19(26)16(27-15)12-21-11-14-5-1-2-7-22-14/h1-7,9,15-16,18-19,21,25-26H,8,10-12H2,(H,23,24). The molecule has 2 aromatic rings. The Balaban J connectivity index is 1.42. The molecule has 0 bridgehead atoms. The van der Waals surface area contributed by atoms with E-state index in [1.165, 1.54) is 0 Å². The van der Waals surface area contributed by atoms with E-state index in [2.05, 4.69) is 20.6 Å². The number of hydrogen-bond donors (Lipinski definition) is 4. The molecule has 1 saturated heterocycles. The van der Waals surface area contributed by atoms with Crippen molar-refractivity contribution in [3.8, 4) is 0 Å². The molecule has 1 aliphatic rings. The maximum Gasteiger partial charge on any atom is 0.222 e. The molecule has 1 amide bonds. The number of carbonyl (C=O) groups is 1. The third-order valence-corrected chi connectivity index (χ3v) is 4.44. The van der Waals surface area contributed by atoms with E-state index in [0.29, 0.717) is 19.6 Å². The number of nitrogens with one attached hydrogen (secondary N) is 2. The predicted molar refractivity (Wildman–Crippen MR) is 97.3 cm³/mol. The van der Waals surface area contributed by atoms with E-state index in [0.717, 1.165) is 11.3 Å². The maximum atomic E-state index is 12.1. The lowest BCUT2D eigenvalue weighted by molar-refractivity contribution is -0.125. The van der Waals surface area contributed by atoms with Gasteiger partial charge in [0.25, 0.3) is 0 Å². The Bertz CT molecular complexity index is 716. The number of amides is 1. The number of carbonyl (C=O) groups excluding carboxylic acids is 1. The molecule has 4 unspecified atom stereocenters. The Hall–Kier alpha value is -2.39. The highest BCUT2D eigenvalue weighted by molar-refractivity contribution is 5.76. The van der Waals surface area contributed by atoms with Crippen LogP contribution < -0.4 is 10.6 Å². The molecular weight excluding hydrogens is 348 g/mol. The lowest BCUT2D eigenvalue weighted by atomic mass is 10.1. The SMILES string of the molecule is O=C(CC1OC(CNCc2ccccn2)C(O)C1O)NCc1cccnc1. The maximum absolute atomic E-state index is 12.1. The molecule has 0 radical (unpaired) electrons. The van der Waals surface area contributed by atoms with Gasteiger partial charge < -0.3 is 25.6 Å². The summed E-state index contributed by atoms with van der Waals surface area (Å²) in [6.07, 6.45) is 1.56. The van der Waals surface area contributed by atoms with Crippen LogP contribution in [0.4, 0.5) is 0 Å². The second kappa shape index (κ2) is 9.52. The van der Waals surface area contributed by atoms with Crippen molar-refractivity contribution >= 4 is 5.91 Å². The molecule has 27 heavy (non-hydrogen) atoms. The largest absolute Gasteiger partial charge is 0.388 e. The van der Waals surface area contributed by atoms with Crippen LogP contribution in [-0.2, 0) is 22.6 Å². The number of rotatable bonds is 8. The highest BCUT2D eigenvalue weighted by atomic mass is 16.5. The first kappa shape index (κ1) is 19.4. The number of ether oxygens (including phenoxy) is 1. The molecule has 4 N–H and O–H groups in total. The molecule has 3 rings (SSSR count). The van der Waals surface area contributed by atoms with Gasteiger partial charge in [0.15, 0.2) is 0 Å². The van der Waals surface area contributed by atoms with Crippen molar-refractivity contribution < 1.29 is 19.7 Å². The smallest absolute Gasteiger partial charge is 0.222 e. The summed E-state index contributed by atoms with van der Waals surface area (Å²) in [4.78, 5) is 20.3. The average molecular weight is 372 g/mol. The van der Waals surface area contributed by atoms with Crippen LogP contribution in [0.2, 0.25) is 0 Å². The number of aromatic nitrogens is 2. The molecule has 144 valence electrons. The van der Waals surface area contributed by atoms with Gasteiger partial charge >= 0.3 is 0 Å². The molecular formula is C19H24N4O4. The third kappa shape index (κ3) is 5.54. The number of hydrogen-bond acceptors (Lipinski definition) is 7. The summed E-state index contributed by atoms with van der Waals surface area (Å²) < 4.78 is 5.69. The van der Waals surface area contributed by atoms with Crippen LogP contribution in [0.25, 0.3) is 0 Å². The fourth-order valence-electron chi connectivity index (χ4n) is 2.97. The quantitative estimate of drug-likeness (QED) is 0.505. The first-order valence-corrected chi connectivity index (χ1v) is 8.91. The van der Waals surface area contributed by atoms with E-state index >= 15 is 0 Å². The van der Waals surface area contributed by atoms with Gasteiger partial charge in [0.1, 0.15) is 12.2 Å². The molecule has 0 aliphatic carbocycles. The lowest BCUT2D eigenvalue weighted by Crippen LogP contribution is -2.38. The van der Waals surface area contributed by atoms with E-state index in [-0.39, 0.29) is 12.3 Å². The fraction of sp³-hybridized carbons (Fsp3) is 0.421. The molecule has 0 aromatic carbocycles. The summed E-state index contributed by atoms with van der Waals surface area (Å²) in [6.45, 7) is 1.23. The van der Waals surface area contributed by atoms with Gasteiger partial charge in [-0.3, -0.25) is 14.8 Å². The average Bonchev–Trinajstić information content (AvgIpc) is 2.96. The summed E-state index contributed by atoms with van der Waals surface area (Å²) in [5.41, 5.74) is 1.76. The monoisotopic (exact) mass is 372 g/mol. The van der Waals surface area contributed by atoms with Crippen molar-refractivity contribution in [1.29, 1.82) is 0 Å². The summed E-state index contributed by atoms with van der Waals surface area (Å²) in [6, 6.07) is 9.29. The molecule has 8 nitrogen and oxygen atoms in total. The van der Waals surface area contributed by atoms with Crippen molar-refractivity contribution in [2.24, 2.45) is 0 Å². The second-order valence-electron chi connectivity index (χ2n) is 6.49.